The van der Waals surface area contributed by atoms with Gasteiger partial charge in [-0.25, -0.2) is 8.42 Å². The van der Waals surface area contributed by atoms with Gasteiger partial charge in [-0.15, -0.1) is 0 Å². The van der Waals surface area contributed by atoms with E-state index in [-0.39, 0.29) is 17.6 Å². The van der Waals surface area contributed by atoms with E-state index in [2.05, 4.69) is 0 Å². The molecule has 0 N–H and O–H groups in total. The molecule has 1 aliphatic heterocycles. The van der Waals surface area contributed by atoms with Crippen LogP contribution in [-0.4, -0.2) is 26.1 Å². The summed E-state index contributed by atoms with van der Waals surface area (Å²) < 4.78 is 23.3. The fourth-order valence-electron chi connectivity index (χ4n) is 2.46. The van der Waals surface area contributed by atoms with Gasteiger partial charge in [-0.3, -0.25) is 4.79 Å². The van der Waals surface area contributed by atoms with Gasteiger partial charge < -0.3 is 4.90 Å². The third kappa shape index (κ3) is 2.99. The van der Waals surface area contributed by atoms with Crippen LogP contribution in [0.5, 0.6) is 0 Å². The SMILES string of the molecule is Cc1ccc(N(C(=O)C2CC2)C2C=CS(=O)(=O)C2)cc1Cl. The molecule has 0 spiro atoms. The molecule has 1 heterocycles. The van der Waals surface area contributed by atoms with Crippen LogP contribution in [0.3, 0.4) is 0 Å². The number of rotatable bonds is 3. The molecule has 21 heavy (non-hydrogen) atoms. The van der Waals surface area contributed by atoms with Crippen molar-refractivity contribution in [3.8, 4) is 0 Å². The molecule has 1 atom stereocenters. The second-order valence-electron chi connectivity index (χ2n) is 5.64. The van der Waals surface area contributed by atoms with Gasteiger partial charge in [0.15, 0.2) is 9.84 Å². The van der Waals surface area contributed by atoms with E-state index in [0.717, 1.165) is 18.4 Å². The first-order valence-corrected chi connectivity index (χ1v) is 8.97. The average Bonchev–Trinajstić information content (AvgIpc) is 3.19. The van der Waals surface area contributed by atoms with Crippen LogP contribution in [0.15, 0.2) is 29.7 Å². The zero-order valence-corrected chi connectivity index (χ0v) is 13.2. The molecule has 0 saturated heterocycles. The quantitative estimate of drug-likeness (QED) is 0.858. The number of halogens is 1. The highest BCUT2D eigenvalue weighted by Gasteiger charge is 2.39. The normalized spacial score (nSPS) is 23.2. The summed E-state index contributed by atoms with van der Waals surface area (Å²) in [5.41, 5.74) is 1.59. The second kappa shape index (κ2) is 5.14. The first-order valence-electron chi connectivity index (χ1n) is 6.87. The van der Waals surface area contributed by atoms with E-state index in [0.29, 0.717) is 10.7 Å². The Hall–Kier alpha value is -1.33. The smallest absolute Gasteiger partial charge is 0.230 e. The number of carbonyl (C=O) groups excluding carboxylic acids is 1. The van der Waals surface area contributed by atoms with Crippen LogP contribution in [0, 0.1) is 12.8 Å². The number of anilines is 1. The minimum Gasteiger partial charge on any atom is -0.304 e. The molecular formula is C15H16ClNO3S. The van der Waals surface area contributed by atoms with E-state index < -0.39 is 15.9 Å². The molecule has 0 radical (unpaired) electrons. The van der Waals surface area contributed by atoms with Gasteiger partial charge in [0, 0.05) is 22.0 Å². The molecule has 1 aliphatic carbocycles. The zero-order chi connectivity index (χ0) is 15.2. The Morgan fingerprint density at radius 3 is 2.57 bits per heavy atom. The standard InChI is InChI=1S/C15H16ClNO3S/c1-10-2-5-12(8-14(10)16)17(15(18)11-3-4-11)13-6-7-21(19,20)9-13/h2,5-8,11,13H,3-4,9H2,1H3. The zero-order valence-electron chi connectivity index (χ0n) is 11.6. The summed E-state index contributed by atoms with van der Waals surface area (Å²) in [6.45, 7) is 1.89. The van der Waals surface area contributed by atoms with E-state index in [1.165, 1.54) is 5.41 Å². The van der Waals surface area contributed by atoms with Crippen LogP contribution in [0.1, 0.15) is 18.4 Å². The van der Waals surface area contributed by atoms with Crippen LogP contribution in [0.4, 0.5) is 5.69 Å². The fraction of sp³-hybridized carbons (Fsp3) is 0.400. The second-order valence-corrected chi connectivity index (χ2v) is 7.98. The lowest BCUT2D eigenvalue weighted by atomic mass is 10.1. The lowest BCUT2D eigenvalue weighted by molar-refractivity contribution is -0.120. The van der Waals surface area contributed by atoms with Crippen molar-refractivity contribution in [1.82, 2.24) is 0 Å². The number of amides is 1. The Labute approximate surface area is 129 Å². The Morgan fingerprint density at radius 1 is 1.33 bits per heavy atom. The summed E-state index contributed by atoms with van der Waals surface area (Å²) in [4.78, 5) is 14.1. The highest BCUT2D eigenvalue weighted by atomic mass is 35.5. The summed E-state index contributed by atoms with van der Waals surface area (Å²) in [5.74, 6) is -0.0554. The average molecular weight is 326 g/mol. The van der Waals surface area contributed by atoms with Gasteiger partial charge in [0.05, 0.1) is 11.8 Å². The highest BCUT2D eigenvalue weighted by molar-refractivity contribution is 7.94. The first-order chi connectivity index (χ1) is 9.87. The van der Waals surface area contributed by atoms with Gasteiger partial charge in [0.1, 0.15) is 0 Å². The maximum atomic E-state index is 12.6. The van der Waals surface area contributed by atoms with E-state index in [1.54, 1.807) is 17.0 Å². The molecule has 1 unspecified atom stereocenters. The number of carbonyl (C=O) groups is 1. The predicted octanol–water partition coefficient (Wildman–Crippen LogP) is 2.70. The minimum atomic E-state index is -3.21. The third-order valence-corrected chi connectivity index (χ3v) is 5.63. The summed E-state index contributed by atoms with van der Waals surface area (Å²) in [6, 6.07) is 4.95. The topological polar surface area (TPSA) is 54.5 Å². The van der Waals surface area contributed by atoms with Crippen LogP contribution in [0.25, 0.3) is 0 Å². The van der Waals surface area contributed by atoms with Gasteiger partial charge in [-0.2, -0.15) is 0 Å². The number of benzene rings is 1. The molecule has 1 aromatic rings. The van der Waals surface area contributed by atoms with Gasteiger partial charge >= 0.3 is 0 Å². The Bertz CT molecular complexity index is 722. The third-order valence-electron chi connectivity index (χ3n) is 3.84. The van der Waals surface area contributed by atoms with Crippen molar-refractivity contribution in [2.45, 2.75) is 25.8 Å². The monoisotopic (exact) mass is 325 g/mol. The largest absolute Gasteiger partial charge is 0.304 e. The summed E-state index contributed by atoms with van der Waals surface area (Å²) in [7, 11) is -3.21. The number of sulfone groups is 1. The Balaban J connectivity index is 1.98. The number of nitrogens with zero attached hydrogens (tertiary/aromatic N) is 1. The Morgan fingerprint density at radius 2 is 2.05 bits per heavy atom. The maximum absolute atomic E-state index is 12.6. The summed E-state index contributed by atoms with van der Waals surface area (Å²) in [6.07, 6.45) is 3.33. The molecule has 1 saturated carbocycles. The molecule has 1 aromatic carbocycles. The molecule has 1 amide bonds. The van der Waals surface area contributed by atoms with Gasteiger partial charge in [0.2, 0.25) is 5.91 Å². The maximum Gasteiger partial charge on any atom is 0.230 e. The molecule has 4 nitrogen and oxygen atoms in total. The molecule has 2 aliphatic rings. The first kappa shape index (κ1) is 14.6. The fourth-order valence-corrected chi connectivity index (χ4v) is 3.90. The van der Waals surface area contributed by atoms with Crippen molar-refractivity contribution in [2.24, 2.45) is 5.92 Å². The van der Waals surface area contributed by atoms with E-state index in [1.807, 2.05) is 19.1 Å². The molecule has 1 fully saturated rings. The van der Waals surface area contributed by atoms with E-state index in [9.17, 15) is 13.2 Å². The lowest BCUT2D eigenvalue weighted by Gasteiger charge is -2.28. The van der Waals surface area contributed by atoms with Crippen LogP contribution >= 0.6 is 11.6 Å². The van der Waals surface area contributed by atoms with Crippen molar-refractivity contribution < 1.29 is 13.2 Å². The number of hydrogen-bond donors (Lipinski definition) is 0. The lowest BCUT2D eigenvalue weighted by Crippen LogP contribution is -2.42. The van der Waals surface area contributed by atoms with Gasteiger partial charge in [-0.05, 0) is 43.5 Å². The summed E-state index contributed by atoms with van der Waals surface area (Å²) >= 11 is 6.15. The van der Waals surface area contributed by atoms with Gasteiger partial charge in [-0.1, -0.05) is 17.7 Å². The molecular weight excluding hydrogens is 310 g/mol. The van der Waals surface area contributed by atoms with Crippen LogP contribution in [-0.2, 0) is 14.6 Å². The van der Waals surface area contributed by atoms with Crippen molar-refractivity contribution in [3.05, 3.63) is 40.3 Å². The van der Waals surface area contributed by atoms with Crippen molar-refractivity contribution in [3.63, 3.8) is 0 Å². The van der Waals surface area contributed by atoms with Gasteiger partial charge in [0.25, 0.3) is 0 Å². The summed E-state index contributed by atoms with van der Waals surface area (Å²) in [5, 5.41) is 1.77. The number of hydrogen-bond acceptors (Lipinski definition) is 3. The molecule has 6 heteroatoms. The molecule has 3 rings (SSSR count). The van der Waals surface area contributed by atoms with Crippen molar-refractivity contribution in [2.75, 3.05) is 10.7 Å². The van der Waals surface area contributed by atoms with Crippen molar-refractivity contribution >= 4 is 33.0 Å². The van der Waals surface area contributed by atoms with Crippen LogP contribution in [0.2, 0.25) is 5.02 Å². The molecule has 0 aromatic heterocycles. The van der Waals surface area contributed by atoms with Crippen molar-refractivity contribution in [1.29, 1.82) is 0 Å². The highest BCUT2D eigenvalue weighted by Crippen LogP contribution is 2.36. The predicted molar refractivity (Wildman–Crippen MR) is 83.1 cm³/mol. The Kier molecular flexibility index (Phi) is 3.58. The number of aryl methyl sites for hydroxylation is 1. The van der Waals surface area contributed by atoms with E-state index in [4.69, 9.17) is 11.6 Å². The molecule has 0 bridgehead atoms. The van der Waals surface area contributed by atoms with E-state index >= 15 is 0 Å². The minimum absolute atomic E-state index is 0.0123. The molecule has 112 valence electrons. The van der Waals surface area contributed by atoms with Crippen LogP contribution < -0.4 is 4.90 Å².